The summed E-state index contributed by atoms with van der Waals surface area (Å²) in [4.78, 5) is 16.2. The van der Waals surface area contributed by atoms with Crippen LogP contribution in [0, 0.1) is 11.6 Å². The summed E-state index contributed by atoms with van der Waals surface area (Å²) in [6.07, 6.45) is -0.107. The highest BCUT2D eigenvalue weighted by atomic mass is 19.1. The first-order valence-electron chi connectivity index (χ1n) is 7.74. The van der Waals surface area contributed by atoms with E-state index in [1.807, 2.05) is 0 Å². The second-order valence-corrected chi connectivity index (χ2v) is 5.29. The fourth-order valence-electron chi connectivity index (χ4n) is 2.39. The smallest absolute Gasteiger partial charge is 0.312 e. The van der Waals surface area contributed by atoms with Crippen molar-refractivity contribution in [3.05, 3.63) is 65.9 Å². The van der Waals surface area contributed by atoms with Crippen molar-refractivity contribution < 1.29 is 22.7 Å². The maximum atomic E-state index is 13.5. The molecule has 0 bridgehead atoms. The molecule has 0 spiro atoms. The van der Waals surface area contributed by atoms with Crippen LogP contribution in [0.15, 0.2) is 52.9 Å². The second-order valence-electron chi connectivity index (χ2n) is 5.29. The number of oxazole rings is 1. The van der Waals surface area contributed by atoms with Gasteiger partial charge in [0, 0.05) is 11.1 Å². The number of hydrogen-bond donors (Lipinski definition) is 0. The number of ether oxygens (including phenoxy) is 1. The van der Waals surface area contributed by atoms with Gasteiger partial charge in [-0.3, -0.25) is 4.79 Å². The molecule has 25 heavy (non-hydrogen) atoms. The van der Waals surface area contributed by atoms with Gasteiger partial charge >= 0.3 is 5.97 Å². The minimum absolute atomic E-state index is 0.107. The average Bonchev–Trinajstić information content (AvgIpc) is 2.99. The monoisotopic (exact) mass is 343 g/mol. The maximum Gasteiger partial charge on any atom is 0.312 e. The number of halogens is 2. The van der Waals surface area contributed by atoms with Gasteiger partial charge in [-0.05, 0) is 43.3 Å². The van der Waals surface area contributed by atoms with Crippen molar-refractivity contribution in [3.63, 3.8) is 0 Å². The molecular formula is C19H15F2NO3. The largest absolute Gasteiger partial charge is 0.466 e. The highest BCUT2D eigenvalue weighted by Gasteiger charge is 2.20. The first-order chi connectivity index (χ1) is 12.1. The molecule has 4 nitrogen and oxygen atoms in total. The van der Waals surface area contributed by atoms with Crippen molar-refractivity contribution in [2.24, 2.45) is 0 Å². The molecule has 0 saturated carbocycles. The van der Waals surface area contributed by atoms with E-state index in [0.29, 0.717) is 16.8 Å². The number of carbonyl (C=O) groups excluding carboxylic acids is 1. The average molecular weight is 343 g/mol. The molecule has 0 radical (unpaired) electrons. The molecule has 0 atom stereocenters. The minimum atomic E-state index is -0.459. The lowest BCUT2D eigenvalue weighted by molar-refractivity contribution is -0.142. The molecule has 6 heteroatoms. The Morgan fingerprint density at radius 2 is 1.84 bits per heavy atom. The molecular weight excluding hydrogens is 328 g/mol. The molecule has 3 aromatic rings. The van der Waals surface area contributed by atoms with Gasteiger partial charge in [-0.2, -0.15) is 0 Å². The van der Waals surface area contributed by atoms with Gasteiger partial charge in [-0.1, -0.05) is 12.1 Å². The van der Waals surface area contributed by atoms with Crippen molar-refractivity contribution in [3.8, 4) is 22.8 Å². The molecule has 2 aromatic carbocycles. The fourth-order valence-corrected chi connectivity index (χ4v) is 2.39. The van der Waals surface area contributed by atoms with Crippen LogP contribution in [0.2, 0.25) is 0 Å². The van der Waals surface area contributed by atoms with Crippen molar-refractivity contribution in [1.29, 1.82) is 0 Å². The van der Waals surface area contributed by atoms with Crippen molar-refractivity contribution in [1.82, 2.24) is 4.98 Å². The van der Waals surface area contributed by atoms with Crippen molar-refractivity contribution in [2.75, 3.05) is 6.61 Å². The van der Waals surface area contributed by atoms with E-state index in [4.69, 9.17) is 9.15 Å². The van der Waals surface area contributed by atoms with Crippen LogP contribution >= 0.6 is 0 Å². The van der Waals surface area contributed by atoms with Crippen LogP contribution in [0.1, 0.15) is 12.6 Å². The van der Waals surface area contributed by atoms with Crippen molar-refractivity contribution >= 4 is 5.97 Å². The standard InChI is InChI=1S/C19H15F2NO3/c1-2-24-17(23)11-16-18(13-4-3-5-15(21)10-13)25-19(22-16)12-6-8-14(20)9-7-12/h3-10H,2,11H2,1H3. The molecule has 1 heterocycles. The van der Waals surface area contributed by atoms with Crippen molar-refractivity contribution in [2.45, 2.75) is 13.3 Å². The third-order valence-electron chi connectivity index (χ3n) is 3.49. The summed E-state index contributed by atoms with van der Waals surface area (Å²) in [6, 6.07) is 11.4. The van der Waals surface area contributed by atoms with Crippen LogP contribution in [0.4, 0.5) is 8.78 Å². The third kappa shape index (κ3) is 3.91. The number of carbonyl (C=O) groups is 1. The molecule has 0 N–H and O–H groups in total. The van der Waals surface area contributed by atoms with Crippen LogP contribution in [0.25, 0.3) is 22.8 Å². The third-order valence-corrected chi connectivity index (χ3v) is 3.49. The van der Waals surface area contributed by atoms with E-state index in [1.54, 1.807) is 19.1 Å². The zero-order chi connectivity index (χ0) is 17.8. The second kappa shape index (κ2) is 7.25. The van der Waals surface area contributed by atoms with Gasteiger partial charge in [0.15, 0.2) is 5.76 Å². The van der Waals surface area contributed by atoms with Gasteiger partial charge in [0.25, 0.3) is 0 Å². The number of benzene rings is 2. The lowest BCUT2D eigenvalue weighted by atomic mass is 10.1. The summed E-state index contributed by atoms with van der Waals surface area (Å²) in [5.41, 5.74) is 1.35. The van der Waals surface area contributed by atoms with E-state index >= 15 is 0 Å². The number of aromatic nitrogens is 1. The SMILES string of the molecule is CCOC(=O)Cc1nc(-c2ccc(F)cc2)oc1-c1cccc(F)c1. The van der Waals surface area contributed by atoms with E-state index in [0.717, 1.165) is 0 Å². The van der Waals surface area contributed by atoms with Crippen LogP contribution in [0.3, 0.4) is 0 Å². The molecule has 128 valence electrons. The van der Waals surface area contributed by atoms with E-state index in [1.165, 1.54) is 36.4 Å². The quantitative estimate of drug-likeness (QED) is 0.645. The summed E-state index contributed by atoms with van der Waals surface area (Å²) >= 11 is 0. The van der Waals surface area contributed by atoms with Crippen LogP contribution in [-0.4, -0.2) is 17.6 Å². The molecule has 0 amide bonds. The molecule has 0 fully saturated rings. The highest BCUT2D eigenvalue weighted by Crippen LogP contribution is 2.30. The van der Waals surface area contributed by atoms with Gasteiger partial charge in [-0.15, -0.1) is 0 Å². The minimum Gasteiger partial charge on any atom is -0.466 e. The Hall–Kier alpha value is -3.02. The highest BCUT2D eigenvalue weighted by molar-refractivity contribution is 5.76. The molecule has 0 unspecified atom stereocenters. The Labute approximate surface area is 143 Å². The number of nitrogens with zero attached hydrogens (tertiary/aromatic N) is 1. The summed E-state index contributed by atoms with van der Waals surface area (Å²) < 4.78 is 37.3. The number of esters is 1. The van der Waals surface area contributed by atoms with E-state index in [-0.39, 0.29) is 30.5 Å². The Kier molecular flexibility index (Phi) is 4.88. The molecule has 3 rings (SSSR count). The van der Waals surface area contributed by atoms with Gasteiger partial charge < -0.3 is 9.15 Å². The van der Waals surface area contributed by atoms with Gasteiger partial charge in [0.1, 0.15) is 11.6 Å². The van der Waals surface area contributed by atoms with Gasteiger partial charge in [-0.25, -0.2) is 13.8 Å². The normalized spacial score (nSPS) is 10.7. The first-order valence-corrected chi connectivity index (χ1v) is 7.74. The maximum absolute atomic E-state index is 13.5. The summed E-state index contributed by atoms with van der Waals surface area (Å²) in [5.74, 6) is -0.767. The molecule has 0 saturated heterocycles. The topological polar surface area (TPSA) is 52.3 Å². The molecule has 0 aliphatic rings. The zero-order valence-electron chi connectivity index (χ0n) is 13.5. The predicted molar refractivity (Wildman–Crippen MR) is 87.6 cm³/mol. The van der Waals surface area contributed by atoms with E-state index in [9.17, 15) is 13.6 Å². The fraction of sp³-hybridized carbons (Fsp3) is 0.158. The lowest BCUT2D eigenvalue weighted by Gasteiger charge is -2.02. The zero-order valence-corrected chi connectivity index (χ0v) is 13.5. The first kappa shape index (κ1) is 16.8. The summed E-state index contributed by atoms with van der Waals surface area (Å²) in [5, 5.41) is 0. The predicted octanol–water partition coefficient (Wildman–Crippen LogP) is 4.39. The van der Waals surface area contributed by atoms with E-state index < -0.39 is 11.8 Å². The Balaban J connectivity index is 2.04. The number of hydrogen-bond acceptors (Lipinski definition) is 4. The molecule has 1 aromatic heterocycles. The van der Waals surface area contributed by atoms with E-state index in [2.05, 4.69) is 4.98 Å². The molecule has 0 aliphatic heterocycles. The van der Waals surface area contributed by atoms with Crippen LogP contribution < -0.4 is 0 Å². The van der Waals surface area contributed by atoms with Gasteiger partial charge in [0.05, 0.1) is 18.7 Å². The van der Waals surface area contributed by atoms with Crippen LogP contribution in [-0.2, 0) is 16.0 Å². The summed E-state index contributed by atoms with van der Waals surface area (Å²) in [7, 11) is 0. The molecule has 0 aliphatic carbocycles. The summed E-state index contributed by atoms with van der Waals surface area (Å²) in [6.45, 7) is 1.95. The Morgan fingerprint density at radius 3 is 2.52 bits per heavy atom. The Bertz CT molecular complexity index is 888. The van der Waals surface area contributed by atoms with Crippen LogP contribution in [0.5, 0.6) is 0 Å². The van der Waals surface area contributed by atoms with Gasteiger partial charge in [0.2, 0.25) is 5.89 Å². The number of rotatable bonds is 5. The lowest BCUT2D eigenvalue weighted by Crippen LogP contribution is -2.08. The Morgan fingerprint density at radius 1 is 1.08 bits per heavy atom.